The summed E-state index contributed by atoms with van der Waals surface area (Å²) in [6.07, 6.45) is 1.42. The highest BCUT2D eigenvalue weighted by atomic mass is 16.5. The number of likely N-dealkylation sites (N-methyl/N-ethyl adjacent to an activating group) is 1. The maximum atomic E-state index is 12.8. The summed E-state index contributed by atoms with van der Waals surface area (Å²) in [7, 11) is 3.90. The molecule has 0 radical (unpaired) electrons. The minimum absolute atomic E-state index is 0.0878. The van der Waals surface area contributed by atoms with E-state index < -0.39 is 23.8 Å². The standard InChI is InChI=1S/C27H26N2O6/c1-17(19-10-9-18-7-5-6-8-20(18)14-19)13-24(30)28-23-15-21(11-12-22(23)27(33)35-4)26(32)29(2)16-25(31)34-3/h5-15H,16H2,1-4H3,(H,28,30). The zero-order chi connectivity index (χ0) is 25.5. The van der Waals surface area contributed by atoms with E-state index in [0.717, 1.165) is 21.9 Å². The van der Waals surface area contributed by atoms with Crippen LogP contribution in [0, 0.1) is 0 Å². The van der Waals surface area contributed by atoms with Gasteiger partial charge in [-0.15, -0.1) is 0 Å². The van der Waals surface area contributed by atoms with Gasteiger partial charge in [0.1, 0.15) is 6.54 Å². The lowest BCUT2D eigenvalue weighted by Gasteiger charge is -2.17. The zero-order valence-electron chi connectivity index (χ0n) is 20.0. The molecule has 1 N–H and O–H groups in total. The Kier molecular flexibility index (Phi) is 7.99. The second kappa shape index (κ2) is 11.1. The molecule has 0 aliphatic carbocycles. The minimum Gasteiger partial charge on any atom is -0.468 e. The van der Waals surface area contributed by atoms with Crippen molar-refractivity contribution in [3.05, 3.63) is 83.4 Å². The molecule has 3 rings (SSSR count). The first-order valence-corrected chi connectivity index (χ1v) is 10.8. The summed E-state index contributed by atoms with van der Waals surface area (Å²) >= 11 is 0. The SMILES string of the molecule is COC(=O)CN(C)C(=O)c1ccc(C(=O)OC)c(NC(=O)C=C(C)c2ccc3ccccc3c2)c1. The van der Waals surface area contributed by atoms with Crippen molar-refractivity contribution in [3.63, 3.8) is 0 Å². The van der Waals surface area contributed by atoms with Crippen LogP contribution in [0.25, 0.3) is 16.3 Å². The lowest BCUT2D eigenvalue weighted by molar-refractivity contribution is -0.141. The first-order chi connectivity index (χ1) is 16.7. The molecule has 3 aromatic rings. The molecule has 0 aliphatic heterocycles. The Balaban J connectivity index is 1.87. The maximum absolute atomic E-state index is 12.8. The third kappa shape index (κ3) is 6.11. The minimum atomic E-state index is -0.669. The van der Waals surface area contributed by atoms with Crippen LogP contribution in [0.1, 0.15) is 33.2 Å². The average molecular weight is 475 g/mol. The van der Waals surface area contributed by atoms with Gasteiger partial charge in [-0.2, -0.15) is 0 Å². The van der Waals surface area contributed by atoms with Crippen LogP contribution < -0.4 is 5.32 Å². The van der Waals surface area contributed by atoms with Crippen LogP contribution in [0.5, 0.6) is 0 Å². The van der Waals surface area contributed by atoms with Gasteiger partial charge in [-0.05, 0) is 53.1 Å². The second-order valence-electron chi connectivity index (χ2n) is 7.87. The van der Waals surface area contributed by atoms with Crippen molar-refractivity contribution < 1.29 is 28.7 Å². The number of esters is 2. The number of amides is 2. The first kappa shape index (κ1) is 25.2. The Labute approximate surface area is 203 Å². The molecule has 0 unspecified atom stereocenters. The summed E-state index contributed by atoms with van der Waals surface area (Å²) in [4.78, 5) is 50.5. The quantitative estimate of drug-likeness (QED) is 0.412. The van der Waals surface area contributed by atoms with Crippen LogP contribution in [0.2, 0.25) is 0 Å². The lowest BCUT2D eigenvalue weighted by Crippen LogP contribution is -2.32. The van der Waals surface area contributed by atoms with Crippen LogP contribution in [0.4, 0.5) is 5.69 Å². The molecule has 0 aliphatic rings. The van der Waals surface area contributed by atoms with Crippen LogP contribution in [-0.4, -0.2) is 56.5 Å². The highest BCUT2D eigenvalue weighted by Crippen LogP contribution is 2.23. The fourth-order valence-corrected chi connectivity index (χ4v) is 3.50. The van der Waals surface area contributed by atoms with Gasteiger partial charge in [-0.25, -0.2) is 4.79 Å². The molecule has 0 fully saturated rings. The van der Waals surface area contributed by atoms with Crippen molar-refractivity contribution in [2.45, 2.75) is 6.92 Å². The molecular weight excluding hydrogens is 448 g/mol. The number of allylic oxidation sites excluding steroid dienone is 1. The van der Waals surface area contributed by atoms with Crippen LogP contribution in [0.15, 0.2) is 66.7 Å². The highest BCUT2D eigenvalue weighted by molar-refractivity contribution is 6.09. The van der Waals surface area contributed by atoms with E-state index in [1.165, 1.54) is 50.4 Å². The van der Waals surface area contributed by atoms with Gasteiger partial charge in [0.2, 0.25) is 5.91 Å². The van der Waals surface area contributed by atoms with E-state index in [9.17, 15) is 19.2 Å². The van der Waals surface area contributed by atoms with E-state index in [-0.39, 0.29) is 23.4 Å². The number of nitrogens with one attached hydrogen (secondary N) is 1. The van der Waals surface area contributed by atoms with E-state index in [2.05, 4.69) is 10.1 Å². The number of carbonyl (C=O) groups excluding carboxylic acids is 4. The summed E-state index contributed by atoms with van der Waals surface area (Å²) in [6, 6.07) is 18.0. The number of nitrogens with zero attached hydrogens (tertiary/aromatic N) is 1. The maximum Gasteiger partial charge on any atom is 0.339 e. The van der Waals surface area contributed by atoms with Gasteiger partial charge in [0.05, 0.1) is 25.5 Å². The first-order valence-electron chi connectivity index (χ1n) is 10.8. The molecule has 0 atom stereocenters. The van der Waals surface area contributed by atoms with Crippen molar-refractivity contribution in [2.75, 3.05) is 33.1 Å². The van der Waals surface area contributed by atoms with Crippen LogP contribution >= 0.6 is 0 Å². The van der Waals surface area contributed by atoms with Gasteiger partial charge in [0.25, 0.3) is 5.91 Å². The van der Waals surface area contributed by atoms with Gasteiger partial charge < -0.3 is 19.7 Å². The van der Waals surface area contributed by atoms with Crippen molar-refractivity contribution in [1.29, 1.82) is 0 Å². The molecule has 3 aromatic carbocycles. The monoisotopic (exact) mass is 474 g/mol. The van der Waals surface area contributed by atoms with Crippen molar-refractivity contribution >= 4 is 45.8 Å². The summed E-state index contributed by atoms with van der Waals surface area (Å²) in [5.41, 5.74) is 1.97. The number of methoxy groups -OCH3 is 2. The van der Waals surface area contributed by atoms with E-state index in [1.807, 2.05) is 49.4 Å². The largest absolute Gasteiger partial charge is 0.468 e. The number of anilines is 1. The molecule has 0 heterocycles. The Bertz CT molecular complexity index is 1330. The molecule has 180 valence electrons. The molecule has 0 saturated carbocycles. The molecule has 0 aromatic heterocycles. The van der Waals surface area contributed by atoms with E-state index >= 15 is 0 Å². The van der Waals surface area contributed by atoms with E-state index in [0.29, 0.717) is 0 Å². The number of ether oxygens (including phenoxy) is 2. The number of hydrogen-bond donors (Lipinski definition) is 1. The molecule has 0 spiro atoms. The molecule has 8 nitrogen and oxygen atoms in total. The number of fused-ring (bicyclic) bond motifs is 1. The molecule has 0 bridgehead atoms. The Morgan fingerprint density at radius 2 is 1.57 bits per heavy atom. The fourth-order valence-electron chi connectivity index (χ4n) is 3.50. The summed E-state index contributed by atoms with van der Waals surface area (Å²) in [5, 5.41) is 4.81. The van der Waals surface area contributed by atoms with Gasteiger partial charge in [-0.3, -0.25) is 14.4 Å². The zero-order valence-corrected chi connectivity index (χ0v) is 20.0. The number of benzene rings is 3. The summed E-state index contributed by atoms with van der Waals surface area (Å²) in [5.74, 6) is -2.20. The van der Waals surface area contributed by atoms with E-state index in [1.54, 1.807) is 0 Å². The summed E-state index contributed by atoms with van der Waals surface area (Å²) < 4.78 is 9.39. The number of carbonyl (C=O) groups is 4. The van der Waals surface area contributed by atoms with Gasteiger partial charge >= 0.3 is 11.9 Å². The molecule has 35 heavy (non-hydrogen) atoms. The Morgan fingerprint density at radius 1 is 0.886 bits per heavy atom. The molecular formula is C27H26N2O6. The summed E-state index contributed by atoms with van der Waals surface area (Å²) in [6.45, 7) is 1.57. The van der Waals surface area contributed by atoms with Crippen molar-refractivity contribution in [1.82, 2.24) is 4.90 Å². The van der Waals surface area contributed by atoms with Gasteiger partial charge in [0.15, 0.2) is 0 Å². The molecule has 8 heteroatoms. The third-order valence-electron chi connectivity index (χ3n) is 5.42. The average Bonchev–Trinajstić information content (AvgIpc) is 2.87. The van der Waals surface area contributed by atoms with Crippen LogP contribution in [-0.2, 0) is 19.1 Å². The van der Waals surface area contributed by atoms with Gasteiger partial charge in [0, 0.05) is 18.7 Å². The predicted octanol–water partition coefficient (Wildman–Crippen LogP) is 3.91. The number of hydrogen-bond acceptors (Lipinski definition) is 6. The molecule has 0 saturated heterocycles. The Hall–Kier alpha value is -4.46. The fraction of sp³-hybridized carbons (Fsp3) is 0.185. The van der Waals surface area contributed by atoms with Crippen molar-refractivity contribution in [2.24, 2.45) is 0 Å². The lowest BCUT2D eigenvalue weighted by atomic mass is 10.0. The van der Waals surface area contributed by atoms with Gasteiger partial charge in [-0.1, -0.05) is 36.4 Å². The predicted molar refractivity (Wildman–Crippen MR) is 133 cm³/mol. The van der Waals surface area contributed by atoms with E-state index in [4.69, 9.17) is 4.74 Å². The van der Waals surface area contributed by atoms with Crippen molar-refractivity contribution in [3.8, 4) is 0 Å². The number of rotatable bonds is 7. The van der Waals surface area contributed by atoms with Crippen LogP contribution in [0.3, 0.4) is 0 Å². The second-order valence-corrected chi connectivity index (χ2v) is 7.87. The third-order valence-corrected chi connectivity index (χ3v) is 5.42. The topological polar surface area (TPSA) is 102 Å². The Morgan fingerprint density at radius 3 is 2.26 bits per heavy atom. The normalized spacial score (nSPS) is 11.0. The smallest absolute Gasteiger partial charge is 0.339 e. The molecule has 2 amide bonds. The highest BCUT2D eigenvalue weighted by Gasteiger charge is 2.20.